The maximum absolute atomic E-state index is 11.9. The molecule has 1 heterocycles. The fraction of sp³-hybridized carbons (Fsp3) is 0.938. The summed E-state index contributed by atoms with van der Waals surface area (Å²) in [6, 6.07) is 0. The van der Waals surface area contributed by atoms with Gasteiger partial charge >= 0.3 is 0 Å². The molecule has 1 amide bonds. The van der Waals surface area contributed by atoms with Gasteiger partial charge in [0.05, 0.1) is 0 Å². The van der Waals surface area contributed by atoms with E-state index in [0.717, 1.165) is 37.9 Å². The molecular weight excluding hydrogens is 236 g/mol. The van der Waals surface area contributed by atoms with E-state index in [9.17, 15) is 4.79 Å². The molecule has 110 valence electrons. The van der Waals surface area contributed by atoms with Gasteiger partial charge in [0.2, 0.25) is 5.91 Å². The van der Waals surface area contributed by atoms with Crippen molar-refractivity contribution in [2.75, 3.05) is 19.6 Å². The molecule has 1 saturated carbocycles. The van der Waals surface area contributed by atoms with E-state index in [4.69, 9.17) is 0 Å². The van der Waals surface area contributed by atoms with Gasteiger partial charge in [-0.2, -0.15) is 0 Å². The van der Waals surface area contributed by atoms with Crippen LogP contribution in [0.2, 0.25) is 0 Å². The lowest BCUT2D eigenvalue weighted by Crippen LogP contribution is -2.33. The van der Waals surface area contributed by atoms with Gasteiger partial charge in [0.25, 0.3) is 0 Å². The second-order valence-corrected chi connectivity index (χ2v) is 6.69. The lowest BCUT2D eigenvalue weighted by atomic mass is 9.82. The molecule has 0 aromatic rings. The summed E-state index contributed by atoms with van der Waals surface area (Å²) in [6.45, 7) is 5.51. The molecule has 3 heteroatoms. The third-order valence-corrected chi connectivity index (χ3v) is 4.81. The number of hydrogen-bond acceptors (Lipinski definition) is 2. The van der Waals surface area contributed by atoms with Gasteiger partial charge in [-0.05, 0) is 62.9 Å². The van der Waals surface area contributed by atoms with Crippen LogP contribution in [-0.2, 0) is 4.79 Å². The number of nitrogens with one attached hydrogen (secondary N) is 2. The van der Waals surface area contributed by atoms with Gasteiger partial charge in [-0.3, -0.25) is 4.79 Å². The SMILES string of the molecule is CC1CCCC(CNC(=O)CCC2CCCNC2)C1. The molecule has 0 radical (unpaired) electrons. The molecule has 3 atom stereocenters. The zero-order valence-corrected chi connectivity index (χ0v) is 12.4. The van der Waals surface area contributed by atoms with Crippen molar-refractivity contribution in [3.63, 3.8) is 0 Å². The van der Waals surface area contributed by atoms with Crippen molar-refractivity contribution in [1.82, 2.24) is 10.6 Å². The molecule has 2 aliphatic rings. The fourth-order valence-electron chi connectivity index (χ4n) is 3.60. The van der Waals surface area contributed by atoms with Crippen molar-refractivity contribution in [1.29, 1.82) is 0 Å². The summed E-state index contributed by atoms with van der Waals surface area (Å²) in [7, 11) is 0. The van der Waals surface area contributed by atoms with Crippen LogP contribution in [0.25, 0.3) is 0 Å². The largest absolute Gasteiger partial charge is 0.356 e. The molecule has 1 aliphatic carbocycles. The number of piperidine rings is 1. The highest BCUT2D eigenvalue weighted by Crippen LogP contribution is 2.27. The van der Waals surface area contributed by atoms with Gasteiger partial charge in [-0.1, -0.05) is 19.8 Å². The molecule has 0 spiro atoms. The summed E-state index contributed by atoms with van der Waals surface area (Å²) < 4.78 is 0. The molecule has 0 bridgehead atoms. The highest BCUT2D eigenvalue weighted by molar-refractivity contribution is 5.75. The Morgan fingerprint density at radius 2 is 2.05 bits per heavy atom. The maximum atomic E-state index is 11.9. The van der Waals surface area contributed by atoms with Crippen molar-refractivity contribution in [3.05, 3.63) is 0 Å². The first kappa shape index (κ1) is 14.8. The molecule has 2 rings (SSSR count). The number of carbonyl (C=O) groups excluding carboxylic acids is 1. The summed E-state index contributed by atoms with van der Waals surface area (Å²) in [6.07, 6.45) is 9.65. The van der Waals surface area contributed by atoms with Gasteiger partial charge in [-0.25, -0.2) is 0 Å². The number of rotatable bonds is 5. The van der Waals surface area contributed by atoms with Gasteiger partial charge in [-0.15, -0.1) is 0 Å². The summed E-state index contributed by atoms with van der Waals surface area (Å²) in [4.78, 5) is 11.9. The predicted octanol–water partition coefficient (Wildman–Crippen LogP) is 2.71. The van der Waals surface area contributed by atoms with Crippen LogP contribution in [0.1, 0.15) is 58.3 Å². The zero-order chi connectivity index (χ0) is 13.5. The summed E-state index contributed by atoms with van der Waals surface area (Å²) in [5, 5.41) is 6.57. The Balaban J connectivity index is 1.56. The molecule has 0 aromatic carbocycles. The van der Waals surface area contributed by atoms with Crippen molar-refractivity contribution in [3.8, 4) is 0 Å². The van der Waals surface area contributed by atoms with Crippen LogP contribution in [0.3, 0.4) is 0 Å². The average Bonchev–Trinajstić information content (AvgIpc) is 2.44. The molecule has 3 unspecified atom stereocenters. The Morgan fingerprint density at radius 1 is 1.21 bits per heavy atom. The van der Waals surface area contributed by atoms with Crippen LogP contribution in [0.5, 0.6) is 0 Å². The third-order valence-electron chi connectivity index (χ3n) is 4.81. The Bertz CT molecular complexity index is 274. The van der Waals surface area contributed by atoms with E-state index in [1.54, 1.807) is 0 Å². The van der Waals surface area contributed by atoms with E-state index >= 15 is 0 Å². The predicted molar refractivity (Wildman–Crippen MR) is 79.0 cm³/mol. The average molecular weight is 266 g/mol. The second kappa shape index (κ2) is 7.88. The standard InChI is InChI=1S/C16H30N2O/c1-13-4-2-5-15(10-13)12-18-16(19)8-7-14-6-3-9-17-11-14/h13-15,17H,2-12H2,1H3,(H,18,19). The van der Waals surface area contributed by atoms with Crippen molar-refractivity contribution >= 4 is 5.91 Å². The van der Waals surface area contributed by atoms with Gasteiger partial charge in [0.1, 0.15) is 0 Å². The minimum absolute atomic E-state index is 0.267. The van der Waals surface area contributed by atoms with Gasteiger partial charge in [0.15, 0.2) is 0 Å². The molecule has 1 saturated heterocycles. The smallest absolute Gasteiger partial charge is 0.220 e. The fourth-order valence-corrected chi connectivity index (χ4v) is 3.60. The van der Waals surface area contributed by atoms with E-state index in [0.29, 0.717) is 12.3 Å². The van der Waals surface area contributed by atoms with Crippen LogP contribution >= 0.6 is 0 Å². The first-order chi connectivity index (χ1) is 9.24. The van der Waals surface area contributed by atoms with Crippen molar-refractivity contribution < 1.29 is 4.79 Å². The lowest BCUT2D eigenvalue weighted by Gasteiger charge is -2.27. The van der Waals surface area contributed by atoms with E-state index in [1.165, 1.54) is 38.5 Å². The molecule has 2 fully saturated rings. The summed E-state index contributed by atoms with van der Waals surface area (Å²) >= 11 is 0. The van der Waals surface area contributed by atoms with Gasteiger partial charge in [0, 0.05) is 13.0 Å². The summed E-state index contributed by atoms with van der Waals surface area (Å²) in [5.74, 6) is 2.56. The monoisotopic (exact) mass is 266 g/mol. The Morgan fingerprint density at radius 3 is 2.79 bits per heavy atom. The first-order valence-electron chi connectivity index (χ1n) is 8.21. The topological polar surface area (TPSA) is 41.1 Å². The Hall–Kier alpha value is -0.570. The molecule has 3 nitrogen and oxygen atoms in total. The van der Waals surface area contributed by atoms with E-state index < -0.39 is 0 Å². The first-order valence-corrected chi connectivity index (χ1v) is 8.21. The Kier molecular flexibility index (Phi) is 6.15. The quantitative estimate of drug-likeness (QED) is 0.803. The molecule has 19 heavy (non-hydrogen) atoms. The molecular formula is C16H30N2O. The van der Waals surface area contributed by atoms with Crippen LogP contribution in [0, 0.1) is 17.8 Å². The Labute approximate surface area is 117 Å². The molecule has 2 N–H and O–H groups in total. The number of carbonyl (C=O) groups is 1. The zero-order valence-electron chi connectivity index (χ0n) is 12.4. The van der Waals surface area contributed by atoms with Crippen LogP contribution in [0.4, 0.5) is 0 Å². The van der Waals surface area contributed by atoms with Crippen LogP contribution < -0.4 is 10.6 Å². The van der Waals surface area contributed by atoms with Gasteiger partial charge < -0.3 is 10.6 Å². The second-order valence-electron chi connectivity index (χ2n) is 6.69. The van der Waals surface area contributed by atoms with E-state index in [-0.39, 0.29) is 5.91 Å². The minimum atomic E-state index is 0.267. The van der Waals surface area contributed by atoms with Crippen LogP contribution in [0.15, 0.2) is 0 Å². The molecule has 0 aromatic heterocycles. The summed E-state index contributed by atoms with van der Waals surface area (Å²) in [5.41, 5.74) is 0. The van der Waals surface area contributed by atoms with Crippen LogP contribution in [-0.4, -0.2) is 25.5 Å². The maximum Gasteiger partial charge on any atom is 0.220 e. The highest BCUT2D eigenvalue weighted by atomic mass is 16.1. The van der Waals surface area contributed by atoms with Crippen molar-refractivity contribution in [2.24, 2.45) is 17.8 Å². The highest BCUT2D eigenvalue weighted by Gasteiger charge is 2.19. The number of amides is 1. The molecule has 1 aliphatic heterocycles. The van der Waals surface area contributed by atoms with E-state index in [2.05, 4.69) is 17.6 Å². The lowest BCUT2D eigenvalue weighted by molar-refractivity contribution is -0.121. The normalized spacial score (nSPS) is 31.9. The minimum Gasteiger partial charge on any atom is -0.356 e. The third kappa shape index (κ3) is 5.52. The number of hydrogen-bond donors (Lipinski definition) is 2. The van der Waals surface area contributed by atoms with Crippen molar-refractivity contribution in [2.45, 2.75) is 58.3 Å². The van der Waals surface area contributed by atoms with E-state index in [1.807, 2.05) is 0 Å².